The fourth-order valence-electron chi connectivity index (χ4n) is 10.6. The second-order valence-electron chi connectivity index (χ2n) is 16.8. The highest BCUT2D eigenvalue weighted by Gasteiger charge is 2.42. The molecule has 0 N–H and O–H groups in total. The van der Waals surface area contributed by atoms with Crippen LogP contribution in [0.2, 0.25) is 0 Å². The Morgan fingerprint density at radius 1 is 0.277 bits per heavy atom. The van der Waals surface area contributed by atoms with E-state index in [0.717, 1.165) is 6.42 Å². The fourth-order valence-corrected chi connectivity index (χ4v) is 15.3. The van der Waals surface area contributed by atoms with E-state index in [1.165, 1.54) is 98.0 Å². The van der Waals surface area contributed by atoms with Crippen molar-refractivity contribution in [2.24, 2.45) is 0 Å². The molecule has 0 atom stereocenters. The van der Waals surface area contributed by atoms with Gasteiger partial charge in [0.05, 0.1) is 22.1 Å². The Balaban J connectivity index is 0.000000286. The Bertz CT molecular complexity index is 3490. The molecule has 65 heavy (non-hydrogen) atoms. The molecule has 0 saturated carbocycles. The molecule has 2 nitrogen and oxygen atoms in total. The normalized spacial score (nSPS) is 11.8. The van der Waals surface area contributed by atoms with Gasteiger partial charge < -0.3 is 9.13 Å². The smallest absolute Gasteiger partial charge is 0.179 e. The third-order valence-corrected chi connectivity index (χ3v) is 18.2. The zero-order valence-electron chi connectivity index (χ0n) is 35.4. The highest BCUT2D eigenvalue weighted by atomic mass is 28.3. The average molecular weight is 849 g/mol. The van der Waals surface area contributed by atoms with Gasteiger partial charge in [-0.25, -0.2) is 0 Å². The quantitative estimate of drug-likeness (QED) is 0.117. The van der Waals surface area contributed by atoms with Gasteiger partial charge in [0.25, 0.3) is 0 Å². The molecular formula is C62H48N2Si. The van der Waals surface area contributed by atoms with Crippen LogP contribution in [-0.4, -0.2) is 17.2 Å². The number of rotatable bonds is 6. The second kappa shape index (κ2) is 16.6. The van der Waals surface area contributed by atoms with Gasteiger partial charge in [-0.05, 0) is 98.0 Å². The van der Waals surface area contributed by atoms with Crippen LogP contribution in [0.15, 0.2) is 255 Å². The molecule has 0 spiro atoms. The maximum absolute atomic E-state index is 2.83. The van der Waals surface area contributed by atoms with Crippen molar-refractivity contribution in [2.75, 3.05) is 0 Å². The Morgan fingerprint density at radius 3 is 1.14 bits per heavy atom. The van der Waals surface area contributed by atoms with Gasteiger partial charge >= 0.3 is 0 Å². The largest absolute Gasteiger partial charge is 0.309 e. The van der Waals surface area contributed by atoms with Crippen LogP contribution in [-0.2, 0) is 6.42 Å². The molecule has 1 aliphatic rings. The van der Waals surface area contributed by atoms with E-state index in [1.807, 2.05) is 0 Å². The first-order valence-corrected chi connectivity index (χ1v) is 24.2. The Labute approximate surface area is 382 Å². The summed E-state index contributed by atoms with van der Waals surface area (Å²) in [6, 6.07) is 93.6. The van der Waals surface area contributed by atoms with E-state index in [2.05, 4.69) is 264 Å². The third kappa shape index (κ3) is 6.55. The van der Waals surface area contributed by atoms with Crippen LogP contribution in [0, 0.1) is 0 Å². The Kier molecular flexibility index (Phi) is 10.2. The molecular weight excluding hydrogens is 801 g/mol. The molecule has 0 bridgehead atoms. The monoisotopic (exact) mass is 848 g/mol. The lowest BCUT2D eigenvalue weighted by Gasteiger charge is -2.34. The lowest BCUT2D eigenvalue weighted by Crippen LogP contribution is -2.74. The predicted octanol–water partition coefficient (Wildman–Crippen LogP) is 13.2. The molecule has 0 amide bonds. The van der Waals surface area contributed by atoms with Crippen LogP contribution in [0.1, 0.15) is 18.6 Å². The molecule has 10 aromatic carbocycles. The standard InChI is InChI=1S/C48H34N2Si.C13H10.CH4/c1-4-16-35(17-5-1)50-47-27-15-12-24-43(47)44-33-32-40(34-48(44)50)51(37-18-6-2-7-19-37,38-20-8-3-9-21-38)39-30-28-36(29-31-39)49-45-25-13-10-22-41(45)42-23-11-14-26-46(42)49;1-3-7-12-10(5-1)9-11-6-2-4-8-13(11)12;/h1-34H;1-8H,9H2;1H4. The van der Waals surface area contributed by atoms with Crippen molar-refractivity contribution < 1.29 is 0 Å². The zero-order chi connectivity index (χ0) is 42.5. The summed E-state index contributed by atoms with van der Waals surface area (Å²) in [7, 11) is -2.83. The molecule has 0 unspecified atom stereocenters. The number of hydrogen-bond acceptors (Lipinski definition) is 0. The molecule has 13 rings (SSSR count). The van der Waals surface area contributed by atoms with E-state index in [4.69, 9.17) is 0 Å². The van der Waals surface area contributed by atoms with Crippen molar-refractivity contribution >= 4 is 72.4 Å². The number of aromatic nitrogens is 2. The van der Waals surface area contributed by atoms with Crippen LogP contribution >= 0.6 is 0 Å². The minimum absolute atomic E-state index is 0. The molecule has 0 radical (unpaired) electrons. The number of para-hydroxylation sites is 4. The predicted molar refractivity (Wildman–Crippen MR) is 280 cm³/mol. The number of nitrogens with zero attached hydrogens (tertiary/aromatic N) is 2. The highest BCUT2D eigenvalue weighted by molar-refractivity contribution is 7.20. The first kappa shape index (κ1) is 39.8. The topological polar surface area (TPSA) is 9.86 Å². The fraction of sp³-hybridized carbons (Fsp3) is 0.0323. The van der Waals surface area contributed by atoms with Gasteiger partial charge in [0.1, 0.15) is 0 Å². The van der Waals surface area contributed by atoms with Crippen LogP contribution in [0.5, 0.6) is 0 Å². The van der Waals surface area contributed by atoms with Crippen molar-refractivity contribution in [3.63, 3.8) is 0 Å². The van der Waals surface area contributed by atoms with Crippen molar-refractivity contribution in [3.8, 4) is 22.5 Å². The zero-order valence-corrected chi connectivity index (χ0v) is 36.4. The molecule has 310 valence electrons. The maximum Gasteiger partial charge on any atom is 0.179 e. The van der Waals surface area contributed by atoms with Crippen LogP contribution in [0.4, 0.5) is 0 Å². The van der Waals surface area contributed by atoms with Crippen LogP contribution in [0.3, 0.4) is 0 Å². The SMILES string of the molecule is C.c1ccc(-n2c3ccccc3c3ccc([Si](c4ccccc4)(c4ccccc4)c4ccc(-n5c6ccccc6c6ccccc65)cc4)cc32)cc1.c1ccc2c(c1)Cc1ccccc1-2. The average Bonchev–Trinajstić information content (AvgIpc) is 4.03. The number of fused-ring (bicyclic) bond motifs is 9. The van der Waals surface area contributed by atoms with E-state index >= 15 is 0 Å². The van der Waals surface area contributed by atoms with Gasteiger partial charge in [0, 0.05) is 32.9 Å². The molecule has 2 aromatic heterocycles. The minimum Gasteiger partial charge on any atom is -0.309 e. The van der Waals surface area contributed by atoms with Gasteiger partial charge in [-0.2, -0.15) is 0 Å². The van der Waals surface area contributed by atoms with Gasteiger partial charge in [0.2, 0.25) is 0 Å². The Morgan fingerprint density at radius 2 is 0.631 bits per heavy atom. The number of benzene rings is 10. The molecule has 3 heteroatoms. The molecule has 2 heterocycles. The summed E-state index contributed by atoms with van der Waals surface area (Å²) < 4.78 is 4.85. The summed E-state index contributed by atoms with van der Waals surface area (Å²) in [5.74, 6) is 0. The van der Waals surface area contributed by atoms with Crippen LogP contribution < -0.4 is 20.7 Å². The molecule has 0 saturated heterocycles. The van der Waals surface area contributed by atoms with E-state index in [0.29, 0.717) is 0 Å². The van der Waals surface area contributed by atoms with Gasteiger partial charge in [-0.1, -0.05) is 214 Å². The minimum atomic E-state index is -2.83. The lowest BCUT2D eigenvalue weighted by molar-refractivity contribution is 1.18. The van der Waals surface area contributed by atoms with Crippen molar-refractivity contribution in [3.05, 3.63) is 266 Å². The maximum atomic E-state index is 2.50. The summed E-state index contributed by atoms with van der Waals surface area (Å²) in [6.45, 7) is 0. The molecule has 0 aliphatic heterocycles. The summed E-state index contributed by atoms with van der Waals surface area (Å²) >= 11 is 0. The van der Waals surface area contributed by atoms with E-state index < -0.39 is 8.07 Å². The van der Waals surface area contributed by atoms with Gasteiger partial charge in [-0.15, -0.1) is 0 Å². The Hall–Kier alpha value is -7.98. The van der Waals surface area contributed by atoms with Crippen molar-refractivity contribution in [2.45, 2.75) is 13.8 Å². The van der Waals surface area contributed by atoms with Crippen molar-refractivity contribution in [1.29, 1.82) is 0 Å². The first-order valence-electron chi connectivity index (χ1n) is 22.2. The summed E-state index contributed by atoms with van der Waals surface area (Å²) in [6.07, 6.45) is 1.10. The van der Waals surface area contributed by atoms with Crippen LogP contribution in [0.25, 0.3) is 66.1 Å². The number of hydrogen-bond donors (Lipinski definition) is 0. The molecule has 0 fully saturated rings. The van der Waals surface area contributed by atoms with Gasteiger partial charge in [0.15, 0.2) is 8.07 Å². The highest BCUT2D eigenvalue weighted by Crippen LogP contribution is 2.36. The molecule has 12 aromatic rings. The van der Waals surface area contributed by atoms with E-state index in [-0.39, 0.29) is 7.43 Å². The van der Waals surface area contributed by atoms with E-state index in [9.17, 15) is 0 Å². The van der Waals surface area contributed by atoms with E-state index in [1.54, 1.807) is 0 Å². The summed E-state index contributed by atoms with van der Waals surface area (Å²) in [5.41, 5.74) is 13.0. The molecule has 1 aliphatic carbocycles. The summed E-state index contributed by atoms with van der Waals surface area (Å²) in [5, 5.41) is 10.5. The second-order valence-corrected chi connectivity index (χ2v) is 20.6. The first-order chi connectivity index (χ1) is 31.8. The van der Waals surface area contributed by atoms with Gasteiger partial charge in [-0.3, -0.25) is 0 Å². The lowest BCUT2D eigenvalue weighted by atomic mass is 10.1. The third-order valence-electron chi connectivity index (χ3n) is 13.4. The summed E-state index contributed by atoms with van der Waals surface area (Å²) in [4.78, 5) is 0. The van der Waals surface area contributed by atoms with Crippen molar-refractivity contribution in [1.82, 2.24) is 9.13 Å².